The number of nitrogens with one attached hydrogen (secondary N) is 2. The smallest absolute Gasteiger partial charge is 0.232 e. The van der Waals surface area contributed by atoms with Crippen LogP contribution < -0.4 is 5.32 Å². The number of nitrogens with zero attached hydrogens (tertiary/aromatic N) is 4. The highest BCUT2D eigenvalue weighted by Crippen LogP contribution is 2.35. The van der Waals surface area contributed by atoms with Crippen LogP contribution in [0.1, 0.15) is 32.6 Å². The number of H-pyrrole nitrogens is 1. The SMILES string of the molecule is CC(C)(c1nc(-c2cn[nH]n2)no1)C1CCCNC1. The van der Waals surface area contributed by atoms with Gasteiger partial charge in [-0.25, -0.2) is 0 Å². The van der Waals surface area contributed by atoms with Crippen LogP contribution in [-0.2, 0) is 5.41 Å². The number of aromatic amines is 1. The van der Waals surface area contributed by atoms with Crippen LogP contribution in [0.2, 0.25) is 0 Å². The lowest BCUT2D eigenvalue weighted by Gasteiger charge is -2.34. The molecule has 2 N–H and O–H groups in total. The highest BCUT2D eigenvalue weighted by molar-refractivity contribution is 5.45. The zero-order chi connectivity index (χ0) is 13.3. The molecule has 1 fully saturated rings. The molecule has 3 heterocycles. The molecule has 19 heavy (non-hydrogen) atoms. The molecular weight excluding hydrogens is 244 g/mol. The fourth-order valence-electron chi connectivity index (χ4n) is 2.54. The number of hydrogen-bond acceptors (Lipinski definition) is 6. The zero-order valence-electron chi connectivity index (χ0n) is 11.2. The molecule has 0 radical (unpaired) electrons. The normalized spacial score (nSPS) is 20.6. The number of hydrogen-bond donors (Lipinski definition) is 2. The van der Waals surface area contributed by atoms with E-state index in [4.69, 9.17) is 4.52 Å². The van der Waals surface area contributed by atoms with Crippen molar-refractivity contribution in [2.75, 3.05) is 13.1 Å². The van der Waals surface area contributed by atoms with E-state index in [-0.39, 0.29) is 5.41 Å². The van der Waals surface area contributed by atoms with E-state index in [0.29, 0.717) is 23.3 Å². The summed E-state index contributed by atoms with van der Waals surface area (Å²) in [6.45, 7) is 6.41. The Morgan fingerprint density at radius 1 is 1.42 bits per heavy atom. The molecule has 0 bridgehead atoms. The summed E-state index contributed by atoms with van der Waals surface area (Å²) in [6.07, 6.45) is 3.96. The van der Waals surface area contributed by atoms with E-state index in [1.165, 1.54) is 12.8 Å². The predicted molar refractivity (Wildman–Crippen MR) is 68.3 cm³/mol. The zero-order valence-corrected chi connectivity index (χ0v) is 11.2. The summed E-state index contributed by atoms with van der Waals surface area (Å²) in [7, 11) is 0. The van der Waals surface area contributed by atoms with Gasteiger partial charge < -0.3 is 9.84 Å². The van der Waals surface area contributed by atoms with Crippen molar-refractivity contribution in [2.24, 2.45) is 5.92 Å². The molecule has 2 aromatic heterocycles. The molecule has 0 aliphatic carbocycles. The van der Waals surface area contributed by atoms with Gasteiger partial charge in [0.15, 0.2) is 5.69 Å². The maximum absolute atomic E-state index is 5.44. The molecule has 1 unspecified atom stereocenters. The fourth-order valence-corrected chi connectivity index (χ4v) is 2.54. The van der Waals surface area contributed by atoms with Crippen molar-refractivity contribution in [3.05, 3.63) is 12.1 Å². The third-order valence-corrected chi connectivity index (χ3v) is 3.94. The minimum Gasteiger partial charge on any atom is -0.338 e. The molecule has 102 valence electrons. The lowest BCUT2D eigenvalue weighted by molar-refractivity contribution is 0.196. The lowest BCUT2D eigenvalue weighted by atomic mass is 9.75. The van der Waals surface area contributed by atoms with Gasteiger partial charge in [0, 0.05) is 5.41 Å². The lowest BCUT2D eigenvalue weighted by Crippen LogP contribution is -2.40. The Morgan fingerprint density at radius 3 is 3.00 bits per heavy atom. The molecule has 7 nitrogen and oxygen atoms in total. The predicted octanol–water partition coefficient (Wildman–Crippen LogP) is 1.13. The molecule has 2 aromatic rings. The maximum atomic E-state index is 5.44. The molecule has 1 aliphatic rings. The average Bonchev–Trinajstić information content (AvgIpc) is 3.10. The Kier molecular flexibility index (Phi) is 3.06. The Morgan fingerprint density at radius 2 is 2.32 bits per heavy atom. The average molecular weight is 262 g/mol. The van der Waals surface area contributed by atoms with Gasteiger partial charge in [0.1, 0.15) is 0 Å². The maximum Gasteiger partial charge on any atom is 0.232 e. The van der Waals surface area contributed by atoms with Crippen LogP contribution in [0.4, 0.5) is 0 Å². The summed E-state index contributed by atoms with van der Waals surface area (Å²) < 4.78 is 5.44. The third-order valence-electron chi connectivity index (χ3n) is 3.94. The van der Waals surface area contributed by atoms with E-state index in [2.05, 4.69) is 44.7 Å². The van der Waals surface area contributed by atoms with Crippen LogP contribution in [0.15, 0.2) is 10.7 Å². The second-order valence-corrected chi connectivity index (χ2v) is 5.54. The minimum absolute atomic E-state index is 0.137. The Hall–Kier alpha value is -1.76. The Balaban J connectivity index is 1.84. The highest BCUT2D eigenvalue weighted by Gasteiger charge is 2.37. The summed E-state index contributed by atoms with van der Waals surface area (Å²) in [4.78, 5) is 4.47. The van der Waals surface area contributed by atoms with Crippen molar-refractivity contribution in [1.82, 2.24) is 30.9 Å². The molecule has 0 amide bonds. The molecule has 1 atom stereocenters. The van der Waals surface area contributed by atoms with Gasteiger partial charge in [-0.15, -0.1) is 0 Å². The van der Waals surface area contributed by atoms with Crippen LogP contribution in [-0.4, -0.2) is 38.6 Å². The van der Waals surface area contributed by atoms with Gasteiger partial charge in [-0.2, -0.15) is 20.4 Å². The van der Waals surface area contributed by atoms with E-state index >= 15 is 0 Å². The third kappa shape index (κ3) is 2.25. The number of rotatable bonds is 3. The van der Waals surface area contributed by atoms with Crippen molar-refractivity contribution < 1.29 is 4.52 Å². The molecule has 1 aliphatic heterocycles. The van der Waals surface area contributed by atoms with Gasteiger partial charge in [0.05, 0.1) is 6.20 Å². The van der Waals surface area contributed by atoms with E-state index in [9.17, 15) is 0 Å². The van der Waals surface area contributed by atoms with Gasteiger partial charge >= 0.3 is 0 Å². The molecule has 7 heteroatoms. The standard InChI is InChI=1S/C12H18N6O/c1-12(2,8-4-3-5-13-6-8)11-15-10(17-19-11)9-7-14-18-16-9/h7-8,13H,3-6H2,1-2H3,(H,14,16,18). The first-order valence-corrected chi connectivity index (χ1v) is 6.59. The molecular formula is C12H18N6O. The van der Waals surface area contributed by atoms with Crippen LogP contribution in [0.5, 0.6) is 0 Å². The van der Waals surface area contributed by atoms with Gasteiger partial charge in [0.25, 0.3) is 0 Å². The van der Waals surface area contributed by atoms with E-state index < -0.39 is 0 Å². The van der Waals surface area contributed by atoms with E-state index in [1.54, 1.807) is 6.20 Å². The number of aromatic nitrogens is 5. The largest absolute Gasteiger partial charge is 0.338 e. The Labute approximate surface area is 111 Å². The van der Waals surface area contributed by atoms with E-state index in [0.717, 1.165) is 13.1 Å². The summed E-state index contributed by atoms with van der Waals surface area (Å²) in [6, 6.07) is 0. The highest BCUT2D eigenvalue weighted by atomic mass is 16.5. The monoisotopic (exact) mass is 262 g/mol. The van der Waals surface area contributed by atoms with Crippen molar-refractivity contribution in [1.29, 1.82) is 0 Å². The van der Waals surface area contributed by atoms with Crippen LogP contribution in [0.25, 0.3) is 11.5 Å². The molecule has 1 saturated heterocycles. The first-order chi connectivity index (χ1) is 9.18. The molecule has 0 spiro atoms. The van der Waals surface area contributed by atoms with Crippen molar-refractivity contribution >= 4 is 0 Å². The fraction of sp³-hybridized carbons (Fsp3) is 0.667. The minimum atomic E-state index is -0.137. The second-order valence-electron chi connectivity index (χ2n) is 5.54. The van der Waals surface area contributed by atoms with Crippen molar-refractivity contribution in [3.8, 4) is 11.5 Å². The quantitative estimate of drug-likeness (QED) is 0.861. The van der Waals surface area contributed by atoms with Crippen LogP contribution in [0.3, 0.4) is 0 Å². The summed E-state index contributed by atoms with van der Waals surface area (Å²) in [5.74, 6) is 1.66. The summed E-state index contributed by atoms with van der Waals surface area (Å²) in [5, 5.41) is 17.7. The van der Waals surface area contributed by atoms with Gasteiger partial charge in [-0.3, -0.25) is 0 Å². The summed E-state index contributed by atoms with van der Waals surface area (Å²) in [5.41, 5.74) is 0.468. The first kappa shape index (κ1) is 12.3. The number of piperidine rings is 1. The second kappa shape index (κ2) is 4.73. The van der Waals surface area contributed by atoms with Crippen molar-refractivity contribution in [2.45, 2.75) is 32.1 Å². The molecule has 0 aromatic carbocycles. The first-order valence-electron chi connectivity index (χ1n) is 6.59. The molecule has 0 saturated carbocycles. The van der Waals surface area contributed by atoms with Crippen LogP contribution in [0, 0.1) is 5.92 Å². The topological polar surface area (TPSA) is 92.5 Å². The van der Waals surface area contributed by atoms with Crippen LogP contribution >= 0.6 is 0 Å². The van der Waals surface area contributed by atoms with Gasteiger partial charge in [-0.05, 0) is 31.8 Å². The van der Waals surface area contributed by atoms with Gasteiger partial charge in [-0.1, -0.05) is 19.0 Å². The van der Waals surface area contributed by atoms with E-state index in [1.807, 2.05) is 0 Å². The summed E-state index contributed by atoms with van der Waals surface area (Å²) >= 11 is 0. The molecule has 3 rings (SSSR count). The van der Waals surface area contributed by atoms with Gasteiger partial charge in [0.2, 0.25) is 11.7 Å². The van der Waals surface area contributed by atoms with Crippen molar-refractivity contribution in [3.63, 3.8) is 0 Å². The Bertz CT molecular complexity index is 526.